The van der Waals surface area contributed by atoms with E-state index in [2.05, 4.69) is 4.98 Å². The Balaban J connectivity index is 2.20. The Labute approximate surface area is 118 Å². The molecule has 0 aliphatic rings. The fourth-order valence-electron chi connectivity index (χ4n) is 1.43. The minimum absolute atomic E-state index is 0.177. The summed E-state index contributed by atoms with van der Waals surface area (Å²) in [5.41, 5.74) is 5.37. The largest absolute Gasteiger partial charge is 0.387 e. The zero-order valence-corrected chi connectivity index (χ0v) is 12.4. The summed E-state index contributed by atoms with van der Waals surface area (Å²) in [6.07, 6.45) is 4.80. The Hall–Kier alpha value is -0.740. The molecule has 0 aliphatic carbocycles. The van der Waals surface area contributed by atoms with Crippen molar-refractivity contribution in [2.24, 2.45) is 11.1 Å². The molecule has 0 aromatic carbocycles. The van der Waals surface area contributed by atoms with Crippen molar-refractivity contribution in [3.8, 4) is 0 Å². The second-order valence-electron chi connectivity index (χ2n) is 4.92. The lowest BCUT2D eigenvalue weighted by Crippen LogP contribution is -2.30. The van der Waals surface area contributed by atoms with Gasteiger partial charge >= 0.3 is 0 Å². The van der Waals surface area contributed by atoms with Crippen molar-refractivity contribution in [1.82, 2.24) is 4.98 Å². The number of thioether (sulfide) groups is 1. The van der Waals surface area contributed by atoms with Gasteiger partial charge in [-0.2, -0.15) is 0 Å². The SMILES string of the molecule is CC(C)(CCCCSc1ccc(Cl)cn1)C(=N)N. The van der Waals surface area contributed by atoms with Crippen molar-refractivity contribution in [2.45, 2.75) is 38.1 Å². The number of hydrogen-bond donors (Lipinski definition) is 2. The number of aromatic nitrogens is 1. The van der Waals surface area contributed by atoms with Crippen molar-refractivity contribution >= 4 is 29.2 Å². The van der Waals surface area contributed by atoms with Crippen LogP contribution in [0.15, 0.2) is 23.4 Å². The van der Waals surface area contributed by atoms with Gasteiger partial charge in [0.1, 0.15) is 0 Å². The van der Waals surface area contributed by atoms with Gasteiger partial charge in [0.25, 0.3) is 0 Å². The van der Waals surface area contributed by atoms with Crippen LogP contribution in [0.25, 0.3) is 0 Å². The van der Waals surface area contributed by atoms with Crippen molar-refractivity contribution < 1.29 is 0 Å². The fourth-order valence-corrected chi connectivity index (χ4v) is 2.39. The first-order valence-electron chi connectivity index (χ1n) is 6.01. The summed E-state index contributed by atoms with van der Waals surface area (Å²) in [5.74, 6) is 1.30. The van der Waals surface area contributed by atoms with Crippen LogP contribution in [0.5, 0.6) is 0 Å². The summed E-state index contributed by atoms with van der Waals surface area (Å²) >= 11 is 7.50. The van der Waals surface area contributed by atoms with E-state index in [0.29, 0.717) is 5.02 Å². The maximum absolute atomic E-state index is 7.48. The lowest BCUT2D eigenvalue weighted by atomic mass is 9.86. The summed E-state index contributed by atoms with van der Waals surface area (Å²) in [6, 6.07) is 3.79. The van der Waals surface area contributed by atoms with Gasteiger partial charge in [-0.1, -0.05) is 31.9 Å². The molecule has 0 spiro atoms. The molecule has 0 bridgehead atoms. The van der Waals surface area contributed by atoms with E-state index in [-0.39, 0.29) is 11.3 Å². The van der Waals surface area contributed by atoms with Crippen LogP contribution in [-0.4, -0.2) is 16.6 Å². The van der Waals surface area contributed by atoms with Crippen LogP contribution in [0.4, 0.5) is 0 Å². The van der Waals surface area contributed by atoms with Crippen molar-refractivity contribution in [3.05, 3.63) is 23.4 Å². The second kappa shape index (κ2) is 7.00. The van der Waals surface area contributed by atoms with E-state index in [0.717, 1.165) is 30.0 Å². The standard InChI is InChI=1S/C13H20ClN3S/c1-13(2,12(15)16)7-3-4-8-18-11-6-5-10(14)9-17-11/h5-6,9H,3-4,7-8H2,1-2H3,(H3,15,16). The quantitative estimate of drug-likeness (QED) is 0.345. The van der Waals surface area contributed by atoms with Crippen molar-refractivity contribution in [1.29, 1.82) is 5.41 Å². The van der Waals surface area contributed by atoms with E-state index >= 15 is 0 Å². The Morgan fingerprint density at radius 1 is 1.44 bits per heavy atom. The van der Waals surface area contributed by atoms with Crippen LogP contribution >= 0.6 is 23.4 Å². The summed E-state index contributed by atoms with van der Waals surface area (Å²) in [7, 11) is 0. The van der Waals surface area contributed by atoms with Crippen LogP contribution in [-0.2, 0) is 0 Å². The molecule has 5 heteroatoms. The zero-order valence-electron chi connectivity index (χ0n) is 10.9. The Kier molecular flexibility index (Phi) is 5.96. The molecular weight excluding hydrogens is 266 g/mol. The maximum Gasteiger partial charge on any atom is 0.0963 e. The number of amidine groups is 1. The summed E-state index contributed by atoms with van der Waals surface area (Å²) in [5, 5.41) is 9.16. The summed E-state index contributed by atoms with van der Waals surface area (Å²) < 4.78 is 0. The van der Waals surface area contributed by atoms with E-state index in [4.69, 9.17) is 22.7 Å². The maximum atomic E-state index is 7.48. The molecule has 1 aromatic rings. The summed E-state index contributed by atoms with van der Waals surface area (Å²) in [4.78, 5) is 4.23. The van der Waals surface area contributed by atoms with E-state index in [1.807, 2.05) is 26.0 Å². The van der Waals surface area contributed by atoms with Gasteiger partial charge in [-0.25, -0.2) is 4.98 Å². The van der Waals surface area contributed by atoms with E-state index in [1.54, 1.807) is 18.0 Å². The van der Waals surface area contributed by atoms with E-state index in [1.165, 1.54) is 0 Å². The van der Waals surface area contributed by atoms with E-state index < -0.39 is 0 Å². The van der Waals surface area contributed by atoms with Crippen LogP contribution in [0.3, 0.4) is 0 Å². The zero-order chi connectivity index (χ0) is 13.6. The topological polar surface area (TPSA) is 62.8 Å². The Morgan fingerprint density at radius 3 is 2.72 bits per heavy atom. The fraction of sp³-hybridized carbons (Fsp3) is 0.538. The van der Waals surface area contributed by atoms with Gasteiger partial charge in [0, 0.05) is 11.6 Å². The van der Waals surface area contributed by atoms with Crippen LogP contribution in [0, 0.1) is 10.8 Å². The molecule has 0 aliphatic heterocycles. The highest BCUT2D eigenvalue weighted by Crippen LogP contribution is 2.24. The summed E-state index contributed by atoms with van der Waals surface area (Å²) in [6.45, 7) is 4.03. The molecule has 0 atom stereocenters. The highest BCUT2D eigenvalue weighted by molar-refractivity contribution is 7.99. The van der Waals surface area contributed by atoms with Gasteiger partial charge < -0.3 is 5.73 Å². The Bertz CT molecular complexity index is 390. The molecule has 3 nitrogen and oxygen atoms in total. The lowest BCUT2D eigenvalue weighted by Gasteiger charge is -2.22. The molecule has 0 amide bonds. The van der Waals surface area contributed by atoms with Gasteiger partial charge in [0.05, 0.1) is 15.9 Å². The molecule has 0 fully saturated rings. The molecule has 0 saturated heterocycles. The number of pyridine rings is 1. The normalized spacial score (nSPS) is 11.5. The third kappa shape index (κ3) is 5.27. The molecule has 18 heavy (non-hydrogen) atoms. The number of hydrogen-bond acceptors (Lipinski definition) is 3. The van der Waals surface area contributed by atoms with Gasteiger partial charge in [0.2, 0.25) is 0 Å². The molecule has 1 heterocycles. The van der Waals surface area contributed by atoms with Crippen LogP contribution in [0.2, 0.25) is 5.02 Å². The number of rotatable bonds is 7. The third-order valence-electron chi connectivity index (χ3n) is 2.88. The highest BCUT2D eigenvalue weighted by Gasteiger charge is 2.20. The second-order valence-corrected chi connectivity index (χ2v) is 6.47. The minimum atomic E-state index is -0.177. The first-order valence-corrected chi connectivity index (χ1v) is 7.37. The predicted molar refractivity (Wildman–Crippen MR) is 79.5 cm³/mol. The molecule has 100 valence electrons. The lowest BCUT2D eigenvalue weighted by molar-refractivity contribution is 0.448. The molecule has 0 radical (unpaired) electrons. The van der Waals surface area contributed by atoms with Crippen molar-refractivity contribution in [3.63, 3.8) is 0 Å². The average Bonchev–Trinajstić information content (AvgIpc) is 2.31. The number of nitrogens with two attached hydrogens (primary N) is 1. The highest BCUT2D eigenvalue weighted by atomic mass is 35.5. The number of nitrogens with one attached hydrogen (secondary N) is 1. The van der Waals surface area contributed by atoms with Gasteiger partial charge in [-0.3, -0.25) is 5.41 Å². The van der Waals surface area contributed by atoms with Gasteiger partial charge in [-0.15, -0.1) is 11.8 Å². The third-order valence-corrected chi connectivity index (χ3v) is 4.13. The van der Waals surface area contributed by atoms with Crippen molar-refractivity contribution in [2.75, 3.05) is 5.75 Å². The predicted octanol–water partition coefficient (Wildman–Crippen LogP) is 3.96. The average molecular weight is 286 g/mol. The smallest absolute Gasteiger partial charge is 0.0963 e. The molecular formula is C13H20ClN3S. The van der Waals surface area contributed by atoms with Crippen LogP contribution < -0.4 is 5.73 Å². The van der Waals surface area contributed by atoms with E-state index in [9.17, 15) is 0 Å². The van der Waals surface area contributed by atoms with Gasteiger partial charge in [-0.05, 0) is 30.7 Å². The van der Waals surface area contributed by atoms with Gasteiger partial charge in [0.15, 0.2) is 0 Å². The molecule has 3 N–H and O–H groups in total. The van der Waals surface area contributed by atoms with Crippen LogP contribution in [0.1, 0.15) is 33.1 Å². The first kappa shape index (κ1) is 15.3. The monoisotopic (exact) mass is 285 g/mol. The first-order chi connectivity index (χ1) is 8.42. The molecule has 0 saturated carbocycles. The molecule has 1 rings (SSSR count). The number of unbranched alkanes of at least 4 members (excludes halogenated alkanes) is 1. The Morgan fingerprint density at radius 2 is 2.17 bits per heavy atom. The number of nitrogens with zero attached hydrogens (tertiary/aromatic N) is 1. The molecule has 0 unspecified atom stereocenters. The molecule has 1 aromatic heterocycles. The number of halogens is 1. The minimum Gasteiger partial charge on any atom is -0.387 e.